The summed E-state index contributed by atoms with van der Waals surface area (Å²) in [7, 11) is 1.71. The maximum Gasteiger partial charge on any atom is 0.238 e. The van der Waals surface area contributed by atoms with Crippen LogP contribution in [0.2, 0.25) is 0 Å². The van der Waals surface area contributed by atoms with Gasteiger partial charge in [-0.2, -0.15) is 0 Å². The van der Waals surface area contributed by atoms with Crippen molar-refractivity contribution in [3.63, 3.8) is 0 Å². The Labute approximate surface area is 86.1 Å². The van der Waals surface area contributed by atoms with Crippen molar-refractivity contribution in [3.8, 4) is 0 Å². The number of carbonyl (C=O) groups excluding carboxylic acids is 1. The van der Waals surface area contributed by atoms with Crippen LogP contribution in [0, 0.1) is 5.92 Å². The molecule has 0 aromatic rings. The molecule has 0 bridgehead atoms. The quantitative estimate of drug-likeness (QED) is 0.627. The second kappa shape index (κ2) is 6.38. The number of carbonyl (C=O) groups is 1. The summed E-state index contributed by atoms with van der Waals surface area (Å²) < 4.78 is 0. The highest BCUT2D eigenvalue weighted by Crippen LogP contribution is 2.16. The highest BCUT2D eigenvalue weighted by molar-refractivity contribution is 5.83. The minimum atomic E-state index is -0.421. The third-order valence-electron chi connectivity index (χ3n) is 2.30. The van der Waals surface area contributed by atoms with Crippen molar-refractivity contribution in [2.24, 2.45) is 11.7 Å². The number of hydrogen-bond acceptors (Lipinski definition) is 2. The molecule has 0 saturated heterocycles. The third kappa shape index (κ3) is 3.75. The molecule has 0 spiro atoms. The molecule has 0 saturated carbocycles. The lowest BCUT2D eigenvalue weighted by atomic mass is 9.92. The molecule has 3 nitrogen and oxygen atoms in total. The molecule has 0 aliphatic carbocycles. The van der Waals surface area contributed by atoms with E-state index in [1.54, 1.807) is 7.05 Å². The van der Waals surface area contributed by atoms with Crippen molar-refractivity contribution in [3.05, 3.63) is 24.3 Å². The van der Waals surface area contributed by atoms with Gasteiger partial charge in [-0.25, -0.2) is 0 Å². The Morgan fingerprint density at radius 2 is 2.21 bits per heavy atom. The van der Waals surface area contributed by atoms with Crippen LogP contribution < -0.4 is 11.1 Å². The molecule has 14 heavy (non-hydrogen) atoms. The van der Waals surface area contributed by atoms with Gasteiger partial charge in [0.05, 0.1) is 0 Å². The Balaban J connectivity index is 4.34. The number of amides is 1. The first-order valence-electron chi connectivity index (χ1n) is 4.81. The van der Waals surface area contributed by atoms with Crippen molar-refractivity contribution in [2.75, 3.05) is 7.05 Å². The molecule has 3 N–H and O–H groups in total. The molecule has 0 aromatic heterocycles. The van der Waals surface area contributed by atoms with Gasteiger partial charge in [0, 0.05) is 0 Å². The molecule has 3 heteroatoms. The summed E-state index contributed by atoms with van der Waals surface area (Å²) in [5.74, 6) is -0.110. The summed E-state index contributed by atoms with van der Waals surface area (Å²) in [5, 5.41) is 2.86. The highest BCUT2D eigenvalue weighted by Gasteiger charge is 2.20. The summed E-state index contributed by atoms with van der Waals surface area (Å²) in [6.45, 7) is 7.91. The molecular weight excluding hydrogens is 176 g/mol. The van der Waals surface area contributed by atoms with Crippen molar-refractivity contribution in [1.29, 1.82) is 0 Å². The van der Waals surface area contributed by atoms with Gasteiger partial charge in [-0.05, 0) is 31.9 Å². The zero-order valence-electron chi connectivity index (χ0n) is 9.21. The van der Waals surface area contributed by atoms with Crippen LogP contribution >= 0.6 is 0 Å². The zero-order chi connectivity index (χ0) is 11.1. The molecule has 0 aliphatic rings. The first-order valence-corrected chi connectivity index (χ1v) is 4.81. The predicted molar refractivity (Wildman–Crippen MR) is 59.8 cm³/mol. The lowest BCUT2D eigenvalue weighted by Gasteiger charge is -2.20. The number of hydrogen-bond donors (Lipinski definition) is 2. The van der Waals surface area contributed by atoms with Crippen molar-refractivity contribution >= 4 is 5.91 Å². The number of nitrogens with two attached hydrogens (primary N) is 1. The van der Waals surface area contributed by atoms with Crippen LogP contribution in [0.1, 0.15) is 20.3 Å². The van der Waals surface area contributed by atoms with E-state index in [9.17, 15) is 4.79 Å². The molecule has 0 radical (unpaired) electrons. The maximum absolute atomic E-state index is 11.0. The van der Waals surface area contributed by atoms with E-state index < -0.39 is 6.04 Å². The lowest BCUT2D eigenvalue weighted by molar-refractivity contribution is -0.119. The van der Waals surface area contributed by atoms with E-state index in [1.165, 1.54) is 0 Å². The number of nitrogens with one attached hydrogen (secondary N) is 1. The number of allylic oxidation sites excluding steroid dienone is 2. The first kappa shape index (κ1) is 12.9. The molecular formula is C11H20N2O. The largest absolute Gasteiger partial charge is 0.368 e. The van der Waals surface area contributed by atoms with Gasteiger partial charge in [0.25, 0.3) is 0 Å². The Morgan fingerprint density at radius 1 is 1.64 bits per heavy atom. The van der Waals surface area contributed by atoms with Crippen LogP contribution in [0.25, 0.3) is 0 Å². The minimum Gasteiger partial charge on any atom is -0.368 e. The second-order valence-electron chi connectivity index (χ2n) is 3.40. The van der Waals surface area contributed by atoms with E-state index in [-0.39, 0.29) is 11.8 Å². The fraction of sp³-hybridized carbons (Fsp3) is 0.545. The van der Waals surface area contributed by atoms with Gasteiger partial charge in [-0.3, -0.25) is 4.79 Å². The molecule has 0 rings (SSSR count). The SMILES string of the molecule is C=C(C(NC)C(N)=O)[C@H](C)C/C=C/C. The van der Waals surface area contributed by atoms with Crippen LogP contribution in [0.15, 0.2) is 24.3 Å². The van der Waals surface area contributed by atoms with Gasteiger partial charge < -0.3 is 11.1 Å². The maximum atomic E-state index is 11.0. The van der Waals surface area contributed by atoms with E-state index in [2.05, 4.69) is 18.0 Å². The Bertz CT molecular complexity index is 233. The zero-order valence-corrected chi connectivity index (χ0v) is 9.21. The van der Waals surface area contributed by atoms with E-state index in [4.69, 9.17) is 5.73 Å². The van der Waals surface area contributed by atoms with Crippen molar-refractivity contribution in [2.45, 2.75) is 26.3 Å². The van der Waals surface area contributed by atoms with Crippen LogP contribution in [-0.4, -0.2) is 19.0 Å². The summed E-state index contributed by atoms with van der Waals surface area (Å²) in [5.41, 5.74) is 6.08. The van der Waals surface area contributed by atoms with Gasteiger partial charge in [-0.15, -0.1) is 0 Å². The fourth-order valence-electron chi connectivity index (χ4n) is 1.29. The summed E-state index contributed by atoms with van der Waals surface area (Å²) in [4.78, 5) is 11.0. The smallest absolute Gasteiger partial charge is 0.238 e. The minimum absolute atomic E-state index is 0.260. The van der Waals surface area contributed by atoms with Crippen LogP contribution in [0.4, 0.5) is 0 Å². The lowest BCUT2D eigenvalue weighted by Crippen LogP contribution is -2.41. The molecule has 0 aliphatic heterocycles. The summed E-state index contributed by atoms with van der Waals surface area (Å²) in [6, 6.07) is -0.421. The van der Waals surface area contributed by atoms with Crippen molar-refractivity contribution in [1.82, 2.24) is 5.32 Å². The second-order valence-corrected chi connectivity index (χ2v) is 3.40. The first-order chi connectivity index (χ1) is 6.54. The third-order valence-corrected chi connectivity index (χ3v) is 2.30. The predicted octanol–water partition coefficient (Wildman–Crippen LogP) is 1.22. The molecule has 0 heterocycles. The Kier molecular flexibility index (Phi) is 5.88. The fourth-order valence-corrected chi connectivity index (χ4v) is 1.29. The van der Waals surface area contributed by atoms with Crippen LogP contribution in [0.5, 0.6) is 0 Å². The summed E-state index contributed by atoms with van der Waals surface area (Å²) >= 11 is 0. The topological polar surface area (TPSA) is 55.1 Å². The number of likely N-dealkylation sites (N-methyl/N-ethyl adjacent to an activating group) is 1. The van der Waals surface area contributed by atoms with Crippen LogP contribution in [-0.2, 0) is 4.79 Å². The Hall–Kier alpha value is -1.09. The average molecular weight is 196 g/mol. The number of rotatable bonds is 6. The normalized spacial score (nSPS) is 15.4. The molecule has 1 amide bonds. The Morgan fingerprint density at radius 3 is 2.57 bits per heavy atom. The van der Waals surface area contributed by atoms with Gasteiger partial charge in [0.2, 0.25) is 5.91 Å². The van der Waals surface area contributed by atoms with Gasteiger partial charge in [-0.1, -0.05) is 25.7 Å². The van der Waals surface area contributed by atoms with E-state index in [1.807, 2.05) is 19.9 Å². The molecule has 80 valence electrons. The molecule has 0 fully saturated rings. The summed E-state index contributed by atoms with van der Waals surface area (Å²) in [6.07, 6.45) is 4.94. The van der Waals surface area contributed by atoms with Crippen LogP contribution in [0.3, 0.4) is 0 Å². The standard InChI is InChI=1S/C11H20N2O/c1-5-6-7-8(2)9(3)10(13-4)11(12)14/h5-6,8,10,13H,3,7H2,1-2,4H3,(H2,12,14)/b6-5+/t8-,10?/m1/s1. The molecule has 2 atom stereocenters. The number of primary amides is 1. The van der Waals surface area contributed by atoms with E-state index in [0.29, 0.717) is 0 Å². The van der Waals surface area contributed by atoms with Gasteiger partial charge in [0.15, 0.2) is 0 Å². The molecule has 0 aromatic carbocycles. The van der Waals surface area contributed by atoms with Gasteiger partial charge >= 0.3 is 0 Å². The van der Waals surface area contributed by atoms with E-state index >= 15 is 0 Å². The molecule has 1 unspecified atom stereocenters. The average Bonchev–Trinajstić information content (AvgIpc) is 2.14. The van der Waals surface area contributed by atoms with Crippen molar-refractivity contribution < 1.29 is 4.79 Å². The monoisotopic (exact) mass is 196 g/mol. The van der Waals surface area contributed by atoms with E-state index in [0.717, 1.165) is 12.0 Å². The highest BCUT2D eigenvalue weighted by atomic mass is 16.1. The van der Waals surface area contributed by atoms with Gasteiger partial charge in [0.1, 0.15) is 6.04 Å².